The van der Waals surface area contributed by atoms with Gasteiger partial charge in [0, 0.05) is 22.9 Å². The number of aryl methyl sites for hydroxylation is 1. The van der Waals surface area contributed by atoms with Crippen molar-refractivity contribution in [3.05, 3.63) is 58.6 Å². The predicted molar refractivity (Wildman–Crippen MR) is 91.3 cm³/mol. The lowest BCUT2D eigenvalue weighted by atomic mass is 10.1. The molecule has 1 N–H and O–H groups in total. The molecule has 0 unspecified atom stereocenters. The molecule has 0 atom stereocenters. The highest BCUT2D eigenvalue weighted by molar-refractivity contribution is 6.31. The van der Waals surface area contributed by atoms with Gasteiger partial charge in [0.25, 0.3) is 0 Å². The summed E-state index contributed by atoms with van der Waals surface area (Å²) in [6.45, 7) is 2.99. The number of carbonyl (C=O) groups excluding carboxylic acids is 1. The summed E-state index contributed by atoms with van der Waals surface area (Å²) in [5.41, 5.74) is 2.54. The highest BCUT2D eigenvalue weighted by atomic mass is 35.5. The summed E-state index contributed by atoms with van der Waals surface area (Å²) in [6, 6.07) is 11.0. The number of hydrogen-bond donors (Lipinski definition) is 1. The molecule has 1 amide bonds. The second kappa shape index (κ2) is 6.75. The van der Waals surface area contributed by atoms with Crippen LogP contribution in [-0.4, -0.2) is 19.1 Å². The minimum atomic E-state index is -0.224. The number of fused-ring (bicyclic) bond motifs is 1. The summed E-state index contributed by atoms with van der Waals surface area (Å²) < 4.78 is 10.9. The molecule has 0 spiro atoms. The third kappa shape index (κ3) is 3.85. The number of carbonyl (C=O) groups is 1. The van der Waals surface area contributed by atoms with Gasteiger partial charge in [-0.2, -0.15) is 0 Å². The zero-order valence-electron chi connectivity index (χ0n) is 12.6. The number of benzene rings is 2. The molecule has 0 aromatic heterocycles. The van der Waals surface area contributed by atoms with Crippen LogP contribution in [0.4, 0.5) is 5.69 Å². The first-order valence-corrected chi connectivity index (χ1v) is 7.64. The lowest BCUT2D eigenvalue weighted by Crippen LogP contribution is -2.16. The van der Waals surface area contributed by atoms with E-state index in [1.165, 1.54) is 6.08 Å². The van der Waals surface area contributed by atoms with E-state index < -0.39 is 0 Å². The first-order chi connectivity index (χ1) is 11.1. The molecule has 0 saturated carbocycles. The molecule has 1 aliphatic heterocycles. The summed E-state index contributed by atoms with van der Waals surface area (Å²) in [5.74, 6) is 1.11. The van der Waals surface area contributed by atoms with Crippen LogP contribution in [0.1, 0.15) is 11.1 Å². The molecule has 0 fully saturated rings. The highest BCUT2D eigenvalue weighted by Crippen LogP contribution is 2.32. The van der Waals surface area contributed by atoms with Crippen molar-refractivity contribution < 1.29 is 14.3 Å². The zero-order valence-corrected chi connectivity index (χ0v) is 13.4. The van der Waals surface area contributed by atoms with Crippen LogP contribution < -0.4 is 14.8 Å². The Balaban J connectivity index is 1.67. The van der Waals surface area contributed by atoms with Gasteiger partial charge in [-0.25, -0.2) is 0 Å². The summed E-state index contributed by atoms with van der Waals surface area (Å²) >= 11 is 6.07. The maximum Gasteiger partial charge on any atom is 0.248 e. The number of hydrogen-bond acceptors (Lipinski definition) is 3. The maximum atomic E-state index is 12.0. The smallest absolute Gasteiger partial charge is 0.248 e. The van der Waals surface area contributed by atoms with E-state index in [0.717, 1.165) is 11.1 Å². The van der Waals surface area contributed by atoms with Gasteiger partial charge in [-0.1, -0.05) is 23.7 Å². The Kier molecular flexibility index (Phi) is 4.53. The Labute approximate surface area is 139 Å². The molecule has 2 aromatic carbocycles. The van der Waals surface area contributed by atoms with E-state index in [4.69, 9.17) is 21.1 Å². The number of amides is 1. The lowest BCUT2D eigenvalue weighted by molar-refractivity contribution is -0.111. The Morgan fingerprint density at radius 2 is 1.91 bits per heavy atom. The Morgan fingerprint density at radius 1 is 1.13 bits per heavy atom. The van der Waals surface area contributed by atoms with Gasteiger partial charge in [0.05, 0.1) is 0 Å². The second-order valence-electron chi connectivity index (χ2n) is 5.19. The first kappa shape index (κ1) is 15.4. The van der Waals surface area contributed by atoms with Gasteiger partial charge in [-0.05, 0) is 42.3 Å². The number of halogens is 1. The fourth-order valence-electron chi connectivity index (χ4n) is 2.19. The van der Waals surface area contributed by atoms with E-state index in [-0.39, 0.29) is 5.91 Å². The van der Waals surface area contributed by atoms with E-state index in [2.05, 4.69) is 5.32 Å². The van der Waals surface area contributed by atoms with Gasteiger partial charge in [0.1, 0.15) is 13.2 Å². The minimum Gasteiger partial charge on any atom is -0.486 e. The molecular formula is C18H16ClNO3. The van der Waals surface area contributed by atoms with Crippen molar-refractivity contribution in [2.24, 2.45) is 0 Å². The zero-order chi connectivity index (χ0) is 16.2. The van der Waals surface area contributed by atoms with Crippen molar-refractivity contribution >= 4 is 29.3 Å². The molecule has 1 aliphatic rings. The molecule has 5 heteroatoms. The topological polar surface area (TPSA) is 47.6 Å². The van der Waals surface area contributed by atoms with Crippen molar-refractivity contribution in [3.63, 3.8) is 0 Å². The summed E-state index contributed by atoms with van der Waals surface area (Å²) in [6.07, 6.45) is 3.19. The number of rotatable bonds is 3. The number of ether oxygens (including phenoxy) is 2. The van der Waals surface area contributed by atoms with E-state index in [1.54, 1.807) is 24.3 Å². The van der Waals surface area contributed by atoms with Gasteiger partial charge >= 0.3 is 0 Å². The molecule has 1 heterocycles. The third-order valence-electron chi connectivity index (χ3n) is 3.43. The van der Waals surface area contributed by atoms with Crippen LogP contribution >= 0.6 is 11.6 Å². The number of anilines is 1. The monoisotopic (exact) mass is 329 g/mol. The van der Waals surface area contributed by atoms with Crippen molar-refractivity contribution in [3.8, 4) is 11.5 Å². The van der Waals surface area contributed by atoms with E-state index >= 15 is 0 Å². The van der Waals surface area contributed by atoms with Gasteiger partial charge in [-0.3, -0.25) is 4.79 Å². The van der Waals surface area contributed by atoms with E-state index in [9.17, 15) is 4.79 Å². The summed E-state index contributed by atoms with van der Waals surface area (Å²) in [5, 5.41) is 3.47. The minimum absolute atomic E-state index is 0.224. The summed E-state index contributed by atoms with van der Waals surface area (Å²) in [7, 11) is 0. The molecule has 3 rings (SSSR count). The summed E-state index contributed by atoms with van der Waals surface area (Å²) in [4.78, 5) is 12.0. The molecule has 0 radical (unpaired) electrons. The van der Waals surface area contributed by atoms with Crippen molar-refractivity contribution in [1.29, 1.82) is 0 Å². The Bertz CT molecular complexity index is 771. The van der Waals surface area contributed by atoms with Gasteiger partial charge in [-0.15, -0.1) is 0 Å². The van der Waals surface area contributed by atoms with Crippen LogP contribution in [0.2, 0.25) is 5.02 Å². The van der Waals surface area contributed by atoms with Crippen LogP contribution in [0.25, 0.3) is 6.08 Å². The Hall–Kier alpha value is -2.46. The average Bonchev–Trinajstić information content (AvgIpc) is 2.56. The highest BCUT2D eigenvalue weighted by Gasteiger charge is 2.12. The maximum absolute atomic E-state index is 12.0. The van der Waals surface area contributed by atoms with Crippen molar-refractivity contribution in [2.45, 2.75) is 6.92 Å². The SMILES string of the molecule is Cc1ccc(/C=C/C(=O)Nc2ccc3c(c2)OCCO3)cc1Cl. The van der Waals surface area contributed by atoms with E-state index in [0.29, 0.717) is 35.4 Å². The average molecular weight is 330 g/mol. The van der Waals surface area contributed by atoms with Gasteiger partial charge < -0.3 is 14.8 Å². The number of nitrogens with one attached hydrogen (secondary N) is 1. The van der Waals surface area contributed by atoms with Crippen molar-refractivity contribution in [1.82, 2.24) is 0 Å². The normalized spacial score (nSPS) is 13.1. The lowest BCUT2D eigenvalue weighted by Gasteiger charge is -2.18. The van der Waals surface area contributed by atoms with Crippen LogP contribution in [0.15, 0.2) is 42.5 Å². The van der Waals surface area contributed by atoms with Crippen LogP contribution in [0.5, 0.6) is 11.5 Å². The van der Waals surface area contributed by atoms with E-state index in [1.807, 2.05) is 25.1 Å². The Morgan fingerprint density at radius 3 is 2.70 bits per heavy atom. The van der Waals surface area contributed by atoms with Gasteiger partial charge in [0.15, 0.2) is 11.5 Å². The quantitative estimate of drug-likeness (QED) is 0.863. The molecule has 4 nitrogen and oxygen atoms in total. The predicted octanol–water partition coefficient (Wildman–Crippen LogP) is 4.07. The van der Waals surface area contributed by atoms with Gasteiger partial charge in [0.2, 0.25) is 5.91 Å². The molecule has 0 bridgehead atoms. The van der Waals surface area contributed by atoms with Crippen molar-refractivity contribution in [2.75, 3.05) is 18.5 Å². The molecule has 23 heavy (non-hydrogen) atoms. The second-order valence-corrected chi connectivity index (χ2v) is 5.60. The fourth-order valence-corrected chi connectivity index (χ4v) is 2.38. The molecule has 0 aliphatic carbocycles. The third-order valence-corrected chi connectivity index (χ3v) is 3.84. The van der Waals surface area contributed by atoms with Crippen LogP contribution in [0, 0.1) is 6.92 Å². The fraction of sp³-hybridized carbons (Fsp3) is 0.167. The molecule has 0 saturated heterocycles. The standard InChI is InChI=1S/C18H16ClNO3/c1-12-2-3-13(10-15(12)19)4-7-18(21)20-14-5-6-16-17(11-14)23-9-8-22-16/h2-7,10-11H,8-9H2,1H3,(H,20,21)/b7-4+. The largest absolute Gasteiger partial charge is 0.486 e. The molecular weight excluding hydrogens is 314 g/mol. The van der Waals surface area contributed by atoms with Crippen LogP contribution in [-0.2, 0) is 4.79 Å². The van der Waals surface area contributed by atoms with Crippen LogP contribution in [0.3, 0.4) is 0 Å². The molecule has 2 aromatic rings. The first-order valence-electron chi connectivity index (χ1n) is 7.27. The molecule has 118 valence electrons.